The third kappa shape index (κ3) is 4.05. The van der Waals surface area contributed by atoms with Crippen molar-refractivity contribution in [1.29, 1.82) is 0 Å². The van der Waals surface area contributed by atoms with Crippen LogP contribution in [-0.4, -0.2) is 36.5 Å². The highest BCUT2D eigenvalue weighted by molar-refractivity contribution is 5.82. The molecule has 1 aliphatic rings. The summed E-state index contributed by atoms with van der Waals surface area (Å²) in [5, 5.41) is 0. The molecule has 0 radical (unpaired) electrons. The summed E-state index contributed by atoms with van der Waals surface area (Å²) in [5.41, 5.74) is 6.89. The lowest BCUT2D eigenvalue weighted by molar-refractivity contribution is -0.145. The molecule has 0 saturated carbocycles. The molecule has 2 unspecified atom stereocenters. The van der Waals surface area contributed by atoms with Gasteiger partial charge in [-0.05, 0) is 38.2 Å². The Morgan fingerprint density at radius 3 is 2.48 bits per heavy atom. The predicted molar refractivity (Wildman–Crippen MR) is 83.8 cm³/mol. The number of piperidine rings is 1. The second kappa shape index (κ2) is 7.57. The molecule has 1 aromatic rings. The number of amides is 1. The average Bonchev–Trinajstić information content (AvgIpc) is 2.53. The van der Waals surface area contributed by atoms with Crippen LogP contribution in [0.3, 0.4) is 0 Å². The first-order chi connectivity index (χ1) is 10.1. The lowest BCUT2D eigenvalue weighted by atomic mass is 9.90. The van der Waals surface area contributed by atoms with Crippen LogP contribution in [0, 0.1) is 5.92 Å². The number of ether oxygens (including phenoxy) is 1. The van der Waals surface area contributed by atoms with Crippen molar-refractivity contribution in [3.05, 3.63) is 35.9 Å². The number of hydrogen-bond acceptors (Lipinski definition) is 3. The molecule has 2 N–H and O–H groups in total. The summed E-state index contributed by atoms with van der Waals surface area (Å²) in [6.45, 7) is 6.06. The van der Waals surface area contributed by atoms with Gasteiger partial charge in [0, 0.05) is 25.7 Å². The van der Waals surface area contributed by atoms with Gasteiger partial charge in [-0.1, -0.05) is 30.3 Å². The number of likely N-dealkylation sites (tertiary alicyclic amines) is 1. The van der Waals surface area contributed by atoms with Crippen molar-refractivity contribution in [3.8, 4) is 0 Å². The van der Waals surface area contributed by atoms with Crippen LogP contribution in [0.1, 0.15) is 38.4 Å². The third-order valence-corrected chi connectivity index (χ3v) is 4.25. The van der Waals surface area contributed by atoms with Crippen LogP contribution in [0.4, 0.5) is 0 Å². The van der Waals surface area contributed by atoms with Gasteiger partial charge in [0.15, 0.2) is 6.10 Å². The molecule has 116 valence electrons. The minimum Gasteiger partial charge on any atom is -0.364 e. The lowest BCUT2D eigenvalue weighted by Crippen LogP contribution is -2.44. The molecular formula is C17H26N2O2. The van der Waals surface area contributed by atoms with E-state index in [0.29, 0.717) is 12.5 Å². The maximum Gasteiger partial charge on any atom is 0.256 e. The van der Waals surface area contributed by atoms with Gasteiger partial charge in [0.05, 0.1) is 0 Å². The maximum absolute atomic E-state index is 12.7. The highest BCUT2D eigenvalue weighted by atomic mass is 16.5. The molecule has 2 atom stereocenters. The smallest absolute Gasteiger partial charge is 0.256 e. The zero-order valence-electron chi connectivity index (χ0n) is 13.0. The number of hydrogen-bond donors (Lipinski definition) is 1. The number of benzene rings is 1. The van der Waals surface area contributed by atoms with E-state index in [9.17, 15) is 4.79 Å². The monoisotopic (exact) mass is 290 g/mol. The van der Waals surface area contributed by atoms with Crippen LogP contribution in [0.2, 0.25) is 0 Å². The van der Waals surface area contributed by atoms with Gasteiger partial charge in [-0.25, -0.2) is 0 Å². The summed E-state index contributed by atoms with van der Waals surface area (Å²) in [6.07, 6.45) is 1.48. The molecule has 1 heterocycles. The molecule has 21 heavy (non-hydrogen) atoms. The molecule has 4 heteroatoms. The van der Waals surface area contributed by atoms with E-state index in [-0.39, 0.29) is 11.9 Å². The normalized spacial score (nSPS) is 19.3. The van der Waals surface area contributed by atoms with Gasteiger partial charge in [-0.3, -0.25) is 4.79 Å². The van der Waals surface area contributed by atoms with Crippen LogP contribution in [0.15, 0.2) is 30.3 Å². The van der Waals surface area contributed by atoms with Gasteiger partial charge in [-0.15, -0.1) is 0 Å². The quantitative estimate of drug-likeness (QED) is 0.905. The topological polar surface area (TPSA) is 55.6 Å². The molecule has 1 aliphatic heterocycles. The molecule has 1 saturated heterocycles. The third-order valence-electron chi connectivity index (χ3n) is 4.25. The SMILES string of the molecule is CCOC(C(=O)N1CCC(C(C)N)CC1)c1ccccc1. The van der Waals surface area contributed by atoms with Crippen LogP contribution in [-0.2, 0) is 9.53 Å². The Morgan fingerprint density at radius 2 is 1.95 bits per heavy atom. The van der Waals surface area contributed by atoms with Gasteiger partial charge in [0.1, 0.15) is 0 Å². The standard InChI is InChI=1S/C17H26N2O2/c1-3-21-16(15-7-5-4-6-8-15)17(20)19-11-9-14(10-12-19)13(2)18/h4-8,13-14,16H,3,9-12,18H2,1-2H3. The van der Waals surface area contributed by atoms with Gasteiger partial charge in [0.25, 0.3) is 5.91 Å². The van der Waals surface area contributed by atoms with Crippen LogP contribution in [0.25, 0.3) is 0 Å². The number of carbonyl (C=O) groups excluding carboxylic acids is 1. The first-order valence-corrected chi connectivity index (χ1v) is 7.84. The summed E-state index contributed by atoms with van der Waals surface area (Å²) in [7, 11) is 0. The number of carbonyl (C=O) groups is 1. The summed E-state index contributed by atoms with van der Waals surface area (Å²) >= 11 is 0. The van der Waals surface area contributed by atoms with Gasteiger partial charge in [-0.2, -0.15) is 0 Å². The molecule has 2 rings (SSSR count). The summed E-state index contributed by atoms with van der Waals surface area (Å²) in [6, 6.07) is 9.94. The van der Waals surface area contributed by atoms with Gasteiger partial charge in [0.2, 0.25) is 0 Å². The van der Waals surface area contributed by atoms with E-state index in [0.717, 1.165) is 31.5 Å². The van der Waals surface area contributed by atoms with Gasteiger partial charge < -0.3 is 15.4 Å². The largest absolute Gasteiger partial charge is 0.364 e. The Kier molecular flexibility index (Phi) is 5.76. The fraction of sp³-hybridized carbons (Fsp3) is 0.588. The van der Waals surface area contributed by atoms with Gasteiger partial charge >= 0.3 is 0 Å². The Hall–Kier alpha value is -1.39. The first-order valence-electron chi connectivity index (χ1n) is 7.84. The van der Waals surface area contributed by atoms with Crippen molar-refractivity contribution in [1.82, 2.24) is 4.90 Å². The van der Waals surface area contributed by atoms with E-state index in [4.69, 9.17) is 10.5 Å². The molecule has 0 aliphatic carbocycles. The Morgan fingerprint density at radius 1 is 1.33 bits per heavy atom. The minimum absolute atomic E-state index is 0.0752. The van der Waals surface area contributed by atoms with E-state index in [2.05, 4.69) is 6.92 Å². The molecular weight excluding hydrogens is 264 g/mol. The van der Waals surface area contributed by atoms with Crippen LogP contribution < -0.4 is 5.73 Å². The summed E-state index contributed by atoms with van der Waals surface area (Å²) in [5.74, 6) is 0.600. The van der Waals surface area contributed by atoms with Crippen LogP contribution >= 0.6 is 0 Å². The Labute approximate surface area is 127 Å². The fourth-order valence-electron chi connectivity index (χ4n) is 2.92. The maximum atomic E-state index is 12.7. The Balaban J connectivity index is 2.03. The van der Waals surface area contributed by atoms with Crippen LogP contribution in [0.5, 0.6) is 0 Å². The second-order valence-corrected chi connectivity index (χ2v) is 5.77. The molecule has 0 aromatic heterocycles. The van der Waals surface area contributed by atoms with Crippen molar-refractivity contribution in [3.63, 3.8) is 0 Å². The predicted octanol–water partition coefficient (Wildman–Crippen LogP) is 2.35. The fourth-order valence-corrected chi connectivity index (χ4v) is 2.92. The van der Waals surface area contributed by atoms with E-state index < -0.39 is 6.10 Å². The van der Waals surface area contributed by atoms with Crippen molar-refractivity contribution < 1.29 is 9.53 Å². The number of rotatable bonds is 5. The van der Waals surface area contributed by atoms with E-state index >= 15 is 0 Å². The molecule has 1 aromatic carbocycles. The summed E-state index contributed by atoms with van der Waals surface area (Å²) < 4.78 is 5.70. The number of nitrogens with zero attached hydrogens (tertiary/aromatic N) is 1. The molecule has 0 spiro atoms. The van der Waals surface area contributed by atoms with E-state index in [1.807, 2.05) is 42.2 Å². The molecule has 0 bridgehead atoms. The lowest BCUT2D eigenvalue weighted by Gasteiger charge is -2.35. The zero-order chi connectivity index (χ0) is 15.2. The number of nitrogens with two attached hydrogens (primary N) is 1. The molecule has 4 nitrogen and oxygen atoms in total. The average molecular weight is 290 g/mol. The van der Waals surface area contributed by atoms with Crippen molar-refractivity contribution in [2.24, 2.45) is 11.7 Å². The van der Waals surface area contributed by atoms with E-state index in [1.165, 1.54) is 0 Å². The van der Waals surface area contributed by atoms with Crippen molar-refractivity contribution in [2.75, 3.05) is 19.7 Å². The minimum atomic E-state index is -0.483. The van der Waals surface area contributed by atoms with Crippen molar-refractivity contribution >= 4 is 5.91 Å². The van der Waals surface area contributed by atoms with E-state index in [1.54, 1.807) is 0 Å². The van der Waals surface area contributed by atoms with Crippen molar-refractivity contribution in [2.45, 2.75) is 38.8 Å². The highest BCUT2D eigenvalue weighted by Crippen LogP contribution is 2.25. The summed E-state index contributed by atoms with van der Waals surface area (Å²) in [4.78, 5) is 14.7. The first kappa shape index (κ1) is 16.0. The molecule has 1 amide bonds. The Bertz CT molecular complexity index is 439. The zero-order valence-corrected chi connectivity index (χ0v) is 13.0. The highest BCUT2D eigenvalue weighted by Gasteiger charge is 2.30. The second-order valence-electron chi connectivity index (χ2n) is 5.77. The molecule has 1 fully saturated rings.